The number of halogens is 2. The van der Waals surface area contributed by atoms with Gasteiger partial charge in [-0.2, -0.15) is 4.99 Å². The molecule has 1 aromatic heterocycles. The second-order valence-electron chi connectivity index (χ2n) is 5.37. The highest BCUT2D eigenvalue weighted by Gasteiger charge is 2.13. The molecule has 0 aliphatic carbocycles. The summed E-state index contributed by atoms with van der Waals surface area (Å²) in [4.78, 5) is 28.5. The molecule has 0 aliphatic heterocycles. The fraction of sp³-hybridized carbons (Fsp3) is 0.167. The van der Waals surface area contributed by atoms with E-state index in [2.05, 4.69) is 9.73 Å². The summed E-state index contributed by atoms with van der Waals surface area (Å²) in [6.45, 7) is 0.257. The summed E-state index contributed by atoms with van der Waals surface area (Å²) in [5.74, 6) is -1.28. The standard InChI is InChI=1S/C18H14ClFN2O3S/c1-25-16(23)8-9-22-14-7-6-11(20)10-15(14)26-18(22)21-17(24)12-4-2-3-5-13(12)19/h2-7,10H,8-9H2,1H3. The van der Waals surface area contributed by atoms with Crippen molar-refractivity contribution in [2.24, 2.45) is 4.99 Å². The lowest BCUT2D eigenvalue weighted by Crippen LogP contribution is -2.19. The number of esters is 1. The Morgan fingerprint density at radius 3 is 2.77 bits per heavy atom. The van der Waals surface area contributed by atoms with Crippen LogP contribution in [0, 0.1) is 5.82 Å². The first-order chi connectivity index (χ1) is 12.5. The second-order valence-corrected chi connectivity index (χ2v) is 6.79. The minimum absolute atomic E-state index is 0.104. The maximum absolute atomic E-state index is 13.5. The van der Waals surface area contributed by atoms with Crippen LogP contribution in [0.2, 0.25) is 5.02 Å². The lowest BCUT2D eigenvalue weighted by atomic mass is 10.2. The third-order valence-electron chi connectivity index (χ3n) is 3.71. The number of ether oxygens (including phenoxy) is 1. The summed E-state index contributed by atoms with van der Waals surface area (Å²) >= 11 is 7.22. The van der Waals surface area contributed by atoms with E-state index in [-0.39, 0.29) is 30.3 Å². The number of fused-ring (bicyclic) bond motifs is 1. The number of hydrogen-bond acceptors (Lipinski definition) is 4. The number of aromatic nitrogens is 1. The van der Waals surface area contributed by atoms with Gasteiger partial charge in [0, 0.05) is 6.54 Å². The third kappa shape index (κ3) is 3.84. The smallest absolute Gasteiger partial charge is 0.307 e. The fourth-order valence-corrected chi connectivity index (χ4v) is 3.73. The van der Waals surface area contributed by atoms with Crippen LogP contribution in [0.15, 0.2) is 47.5 Å². The van der Waals surface area contributed by atoms with Gasteiger partial charge < -0.3 is 9.30 Å². The van der Waals surface area contributed by atoms with Crippen LogP contribution in [-0.2, 0) is 16.1 Å². The van der Waals surface area contributed by atoms with Gasteiger partial charge in [-0.05, 0) is 30.3 Å². The number of benzene rings is 2. The first-order valence-corrected chi connectivity index (χ1v) is 8.88. The fourth-order valence-electron chi connectivity index (χ4n) is 2.44. The average molecular weight is 393 g/mol. The number of hydrogen-bond donors (Lipinski definition) is 0. The van der Waals surface area contributed by atoms with Crippen LogP contribution >= 0.6 is 22.9 Å². The van der Waals surface area contributed by atoms with E-state index in [1.54, 1.807) is 34.9 Å². The van der Waals surface area contributed by atoms with Crippen molar-refractivity contribution in [1.29, 1.82) is 0 Å². The van der Waals surface area contributed by atoms with Crippen LogP contribution in [0.4, 0.5) is 4.39 Å². The highest BCUT2D eigenvalue weighted by molar-refractivity contribution is 7.16. The van der Waals surface area contributed by atoms with E-state index in [1.807, 2.05) is 0 Å². The molecular formula is C18H14ClFN2O3S. The van der Waals surface area contributed by atoms with E-state index in [0.717, 1.165) is 0 Å². The summed E-state index contributed by atoms with van der Waals surface area (Å²) in [5, 5.41) is 0.300. The van der Waals surface area contributed by atoms with Gasteiger partial charge in [0.25, 0.3) is 5.91 Å². The van der Waals surface area contributed by atoms with Gasteiger partial charge in [0.05, 0.1) is 34.3 Å². The zero-order valence-electron chi connectivity index (χ0n) is 13.7. The molecule has 0 fully saturated rings. The Labute approximate surface area is 157 Å². The molecule has 3 aromatic rings. The molecule has 2 aromatic carbocycles. The number of nitrogens with zero attached hydrogens (tertiary/aromatic N) is 2. The number of rotatable bonds is 4. The zero-order valence-corrected chi connectivity index (χ0v) is 15.3. The van der Waals surface area contributed by atoms with Crippen molar-refractivity contribution in [2.75, 3.05) is 7.11 Å². The van der Waals surface area contributed by atoms with Gasteiger partial charge in [0.15, 0.2) is 4.80 Å². The predicted molar refractivity (Wildman–Crippen MR) is 97.8 cm³/mol. The van der Waals surface area contributed by atoms with Gasteiger partial charge >= 0.3 is 5.97 Å². The number of methoxy groups -OCH3 is 1. The molecule has 0 bridgehead atoms. The number of carbonyl (C=O) groups is 2. The van der Waals surface area contributed by atoms with E-state index in [9.17, 15) is 14.0 Å². The Morgan fingerprint density at radius 1 is 1.27 bits per heavy atom. The summed E-state index contributed by atoms with van der Waals surface area (Å²) in [5.41, 5.74) is 0.961. The summed E-state index contributed by atoms with van der Waals surface area (Å²) in [6, 6.07) is 10.9. The maximum atomic E-state index is 13.5. The van der Waals surface area contributed by atoms with Gasteiger partial charge in [-0.3, -0.25) is 9.59 Å². The third-order valence-corrected chi connectivity index (χ3v) is 5.08. The van der Waals surface area contributed by atoms with E-state index in [1.165, 1.54) is 30.6 Å². The molecule has 0 N–H and O–H groups in total. The van der Waals surface area contributed by atoms with E-state index < -0.39 is 5.91 Å². The lowest BCUT2D eigenvalue weighted by molar-refractivity contribution is -0.140. The van der Waals surface area contributed by atoms with Crippen LogP contribution in [0.1, 0.15) is 16.8 Å². The molecule has 0 saturated heterocycles. The van der Waals surface area contributed by atoms with Crippen LogP contribution in [0.25, 0.3) is 10.2 Å². The molecule has 3 rings (SSSR count). The highest BCUT2D eigenvalue weighted by Crippen LogP contribution is 2.20. The summed E-state index contributed by atoms with van der Waals surface area (Å²) in [6.07, 6.45) is 0.104. The average Bonchev–Trinajstić information content (AvgIpc) is 2.95. The minimum Gasteiger partial charge on any atom is -0.469 e. The van der Waals surface area contributed by atoms with Crippen molar-refractivity contribution in [3.63, 3.8) is 0 Å². The monoisotopic (exact) mass is 392 g/mol. The van der Waals surface area contributed by atoms with E-state index in [0.29, 0.717) is 20.0 Å². The summed E-state index contributed by atoms with van der Waals surface area (Å²) in [7, 11) is 1.31. The molecule has 0 radical (unpaired) electrons. The van der Waals surface area contributed by atoms with Crippen molar-refractivity contribution in [2.45, 2.75) is 13.0 Å². The molecule has 0 spiro atoms. The minimum atomic E-state index is -0.505. The molecule has 1 amide bonds. The first kappa shape index (κ1) is 18.3. The largest absolute Gasteiger partial charge is 0.469 e. The van der Waals surface area contributed by atoms with Crippen LogP contribution in [0.3, 0.4) is 0 Å². The van der Waals surface area contributed by atoms with Crippen molar-refractivity contribution in [3.8, 4) is 0 Å². The molecule has 134 valence electrons. The van der Waals surface area contributed by atoms with Gasteiger partial charge in [-0.1, -0.05) is 35.1 Å². The molecular weight excluding hydrogens is 379 g/mol. The van der Waals surface area contributed by atoms with Gasteiger partial charge in [0.1, 0.15) is 5.82 Å². The van der Waals surface area contributed by atoms with Crippen molar-refractivity contribution in [3.05, 3.63) is 63.7 Å². The first-order valence-electron chi connectivity index (χ1n) is 7.69. The predicted octanol–water partition coefficient (Wildman–Crippen LogP) is 3.80. The molecule has 0 aliphatic rings. The Bertz CT molecular complexity index is 1060. The van der Waals surface area contributed by atoms with Crippen molar-refractivity contribution in [1.82, 2.24) is 4.57 Å². The molecule has 26 heavy (non-hydrogen) atoms. The Balaban J connectivity index is 2.10. The number of amides is 1. The quantitative estimate of drug-likeness (QED) is 0.634. The lowest BCUT2D eigenvalue weighted by Gasteiger charge is -2.04. The molecule has 0 saturated carbocycles. The molecule has 0 unspecified atom stereocenters. The topological polar surface area (TPSA) is 60.7 Å². The molecule has 5 nitrogen and oxygen atoms in total. The molecule has 1 heterocycles. The highest BCUT2D eigenvalue weighted by atomic mass is 35.5. The van der Waals surface area contributed by atoms with Crippen LogP contribution < -0.4 is 4.80 Å². The summed E-state index contributed by atoms with van der Waals surface area (Å²) < 4.78 is 20.5. The normalized spacial score (nSPS) is 11.7. The Kier molecular flexibility index (Phi) is 5.49. The maximum Gasteiger partial charge on any atom is 0.307 e. The van der Waals surface area contributed by atoms with Crippen molar-refractivity contribution >= 4 is 45.0 Å². The van der Waals surface area contributed by atoms with Gasteiger partial charge in [-0.25, -0.2) is 4.39 Å². The van der Waals surface area contributed by atoms with E-state index >= 15 is 0 Å². The second kappa shape index (κ2) is 7.80. The van der Waals surface area contributed by atoms with Gasteiger partial charge in [-0.15, -0.1) is 0 Å². The molecule has 0 atom stereocenters. The zero-order chi connectivity index (χ0) is 18.7. The van der Waals surface area contributed by atoms with E-state index in [4.69, 9.17) is 11.6 Å². The number of aryl methyl sites for hydroxylation is 1. The Hall–Kier alpha value is -2.51. The number of carbonyl (C=O) groups excluding carboxylic acids is 2. The van der Waals surface area contributed by atoms with Gasteiger partial charge in [0.2, 0.25) is 0 Å². The molecule has 8 heteroatoms. The van der Waals surface area contributed by atoms with Crippen molar-refractivity contribution < 1.29 is 18.7 Å². The number of thiazole rings is 1. The van der Waals surface area contributed by atoms with Crippen LogP contribution in [-0.4, -0.2) is 23.6 Å². The Morgan fingerprint density at radius 2 is 2.04 bits per heavy atom. The SMILES string of the molecule is COC(=O)CCn1c(=NC(=O)c2ccccc2Cl)sc2cc(F)ccc21. The van der Waals surface area contributed by atoms with Crippen LogP contribution in [0.5, 0.6) is 0 Å².